The molecule has 0 aromatic heterocycles. The van der Waals surface area contributed by atoms with Crippen LogP contribution in [0.1, 0.15) is 12.0 Å². The third-order valence-corrected chi connectivity index (χ3v) is 5.70. The zero-order chi connectivity index (χ0) is 15.3. The second kappa shape index (κ2) is 4.69. The molecule has 1 saturated carbocycles. The molecule has 0 spiro atoms. The van der Waals surface area contributed by atoms with Gasteiger partial charge in [-0.25, -0.2) is 0 Å². The summed E-state index contributed by atoms with van der Waals surface area (Å²) in [7, 11) is 8.00. The fourth-order valence-corrected chi connectivity index (χ4v) is 3.47. The number of aliphatic hydroxyl groups is 1. The quantitative estimate of drug-likeness (QED) is 0.566. The predicted molar refractivity (Wildman–Crippen MR) is 92.5 cm³/mol. The van der Waals surface area contributed by atoms with E-state index in [-0.39, 0.29) is 11.0 Å². The summed E-state index contributed by atoms with van der Waals surface area (Å²) in [6.45, 7) is 0. The van der Waals surface area contributed by atoms with Gasteiger partial charge in [0, 0.05) is 5.02 Å². The van der Waals surface area contributed by atoms with Gasteiger partial charge in [0.15, 0.2) is 5.78 Å². The lowest BCUT2D eigenvalue weighted by molar-refractivity contribution is -0.137. The predicted octanol–water partition coefficient (Wildman–Crippen LogP) is -2.41. The molecule has 102 valence electrons. The fraction of sp³-hybridized carbons (Fsp3) is 0.417. The first-order valence-electron chi connectivity index (χ1n) is 6.82. The Hall–Kier alpha value is -0.640. The normalized spacial score (nSPS) is 31.9. The first kappa shape index (κ1) is 15.7. The highest BCUT2D eigenvalue weighted by atomic mass is 35.5. The van der Waals surface area contributed by atoms with Crippen molar-refractivity contribution in [2.45, 2.75) is 28.5 Å². The SMILES string of the molecule is BC1(B)CC(O)C(=O)C(N)(c2ccccc2Cl)C1(B)B. The number of benzene rings is 1. The van der Waals surface area contributed by atoms with Crippen LogP contribution in [0.25, 0.3) is 0 Å². The Morgan fingerprint density at radius 1 is 1.25 bits per heavy atom. The fourth-order valence-electron chi connectivity index (χ4n) is 3.19. The van der Waals surface area contributed by atoms with E-state index in [0.29, 0.717) is 17.0 Å². The second-order valence-electron chi connectivity index (χ2n) is 6.88. The van der Waals surface area contributed by atoms with Crippen molar-refractivity contribution in [3.05, 3.63) is 34.9 Å². The van der Waals surface area contributed by atoms with Gasteiger partial charge in [0.1, 0.15) is 21.8 Å². The summed E-state index contributed by atoms with van der Waals surface area (Å²) < 4.78 is 0. The van der Waals surface area contributed by atoms with Crippen LogP contribution in [-0.2, 0) is 10.3 Å². The third kappa shape index (κ3) is 1.91. The molecule has 0 saturated heterocycles. The van der Waals surface area contributed by atoms with Crippen LogP contribution in [0.3, 0.4) is 0 Å². The molecule has 8 heteroatoms. The number of ketones is 1. The zero-order valence-electron chi connectivity index (χ0n) is 12.4. The Labute approximate surface area is 128 Å². The molecule has 0 amide bonds. The van der Waals surface area contributed by atoms with Gasteiger partial charge >= 0.3 is 0 Å². The van der Waals surface area contributed by atoms with Gasteiger partial charge in [-0.15, -0.1) is 0 Å². The highest BCUT2D eigenvalue weighted by Gasteiger charge is 2.61. The lowest BCUT2D eigenvalue weighted by Crippen LogP contribution is -2.66. The lowest BCUT2D eigenvalue weighted by atomic mass is 9.21. The Kier molecular flexibility index (Phi) is 3.69. The van der Waals surface area contributed by atoms with E-state index >= 15 is 0 Å². The maximum absolute atomic E-state index is 12.7. The van der Waals surface area contributed by atoms with Crippen molar-refractivity contribution in [3.8, 4) is 0 Å². The van der Waals surface area contributed by atoms with Crippen LogP contribution in [0.4, 0.5) is 0 Å². The van der Waals surface area contributed by atoms with Crippen molar-refractivity contribution in [3.63, 3.8) is 0 Å². The summed E-state index contributed by atoms with van der Waals surface area (Å²) >= 11 is 6.27. The van der Waals surface area contributed by atoms with Gasteiger partial charge in [-0.2, -0.15) is 0 Å². The number of carbonyl (C=O) groups is 1. The first-order chi connectivity index (χ1) is 9.05. The van der Waals surface area contributed by atoms with Crippen LogP contribution in [-0.4, -0.2) is 48.4 Å². The monoisotopic (exact) mass is 287 g/mol. The molecule has 20 heavy (non-hydrogen) atoms. The lowest BCUT2D eigenvalue weighted by Gasteiger charge is -2.58. The topological polar surface area (TPSA) is 63.3 Å². The highest BCUT2D eigenvalue weighted by Crippen LogP contribution is 2.60. The Morgan fingerprint density at radius 3 is 2.35 bits per heavy atom. The Balaban J connectivity index is 2.73. The van der Waals surface area contributed by atoms with Crippen LogP contribution in [0.2, 0.25) is 15.5 Å². The molecular formula is C12H18B4ClNO2. The van der Waals surface area contributed by atoms with Gasteiger partial charge < -0.3 is 10.8 Å². The number of carbonyl (C=O) groups excluding carboxylic acids is 1. The molecule has 0 bridgehead atoms. The molecule has 2 rings (SSSR count). The summed E-state index contributed by atoms with van der Waals surface area (Å²) in [6, 6.07) is 7.11. The second-order valence-corrected chi connectivity index (χ2v) is 7.29. The third-order valence-electron chi connectivity index (χ3n) is 5.37. The van der Waals surface area contributed by atoms with Crippen molar-refractivity contribution >= 4 is 48.8 Å². The molecule has 1 aliphatic carbocycles. The number of hydrogen-bond acceptors (Lipinski definition) is 3. The molecule has 2 unspecified atom stereocenters. The van der Waals surface area contributed by atoms with E-state index in [4.69, 9.17) is 17.3 Å². The van der Waals surface area contributed by atoms with Crippen molar-refractivity contribution in [1.82, 2.24) is 0 Å². The van der Waals surface area contributed by atoms with Gasteiger partial charge in [0.2, 0.25) is 0 Å². The smallest absolute Gasteiger partial charge is 0.184 e. The number of nitrogens with two attached hydrogens (primary N) is 1. The highest BCUT2D eigenvalue weighted by molar-refractivity contribution is 6.56. The molecule has 1 aromatic carbocycles. The molecule has 2 atom stereocenters. The van der Waals surface area contributed by atoms with Gasteiger partial charge in [0.25, 0.3) is 0 Å². The molecule has 1 fully saturated rings. The summed E-state index contributed by atoms with van der Waals surface area (Å²) in [5, 5.41) is 9.78. The molecule has 1 aromatic rings. The molecule has 0 heterocycles. The van der Waals surface area contributed by atoms with Gasteiger partial charge in [0.05, 0.1) is 21.2 Å². The largest absolute Gasteiger partial charge is 0.385 e. The maximum atomic E-state index is 12.7. The van der Waals surface area contributed by atoms with Gasteiger partial charge in [-0.3, -0.25) is 4.79 Å². The van der Waals surface area contributed by atoms with Crippen LogP contribution < -0.4 is 5.73 Å². The first-order valence-corrected chi connectivity index (χ1v) is 7.20. The Morgan fingerprint density at radius 2 is 1.80 bits per heavy atom. The summed E-state index contributed by atoms with van der Waals surface area (Å²) in [4.78, 5) is 12.7. The van der Waals surface area contributed by atoms with Crippen LogP contribution in [0.5, 0.6) is 0 Å². The average molecular weight is 287 g/mol. The van der Waals surface area contributed by atoms with Crippen LogP contribution in [0, 0.1) is 0 Å². The van der Waals surface area contributed by atoms with Gasteiger partial charge in [-0.1, -0.05) is 40.2 Å². The summed E-state index contributed by atoms with van der Waals surface area (Å²) in [5.41, 5.74) is 5.86. The zero-order valence-corrected chi connectivity index (χ0v) is 13.2. The number of halogens is 1. The van der Waals surface area contributed by atoms with E-state index < -0.39 is 16.9 Å². The molecule has 0 radical (unpaired) electrons. The van der Waals surface area contributed by atoms with E-state index in [1.807, 2.05) is 37.5 Å². The number of Topliss-reactive ketones (excluding diaryl/α,β-unsaturated/α-hetero) is 1. The van der Waals surface area contributed by atoms with Crippen molar-refractivity contribution in [2.75, 3.05) is 0 Å². The van der Waals surface area contributed by atoms with E-state index in [0.717, 1.165) is 0 Å². The molecule has 1 aliphatic rings. The van der Waals surface area contributed by atoms with Crippen LogP contribution >= 0.6 is 11.6 Å². The van der Waals surface area contributed by atoms with E-state index in [1.165, 1.54) is 0 Å². The minimum absolute atomic E-state index is 0.297. The van der Waals surface area contributed by atoms with E-state index in [1.54, 1.807) is 18.2 Å². The number of hydrogen-bond donors (Lipinski definition) is 2. The number of aliphatic hydroxyl groups excluding tert-OH is 1. The van der Waals surface area contributed by atoms with E-state index in [2.05, 4.69) is 0 Å². The maximum Gasteiger partial charge on any atom is 0.184 e. The molecule has 3 N–H and O–H groups in total. The number of rotatable bonds is 1. The van der Waals surface area contributed by atoms with Crippen LogP contribution in [0.15, 0.2) is 24.3 Å². The standard InChI is InChI=1S/C12H18B4ClNO2/c13-10(14)5-8(19)9(20)11(18,12(10,15)16)6-3-1-2-4-7(6)17/h1-4,8,19H,5,13-16,18H2. The van der Waals surface area contributed by atoms with Crippen molar-refractivity contribution in [1.29, 1.82) is 0 Å². The molecular weight excluding hydrogens is 269 g/mol. The summed E-state index contributed by atoms with van der Waals surface area (Å²) in [5.74, 6) is -0.352. The molecule has 0 aliphatic heterocycles. The minimum atomic E-state index is -1.30. The average Bonchev–Trinajstić information content (AvgIpc) is 2.35. The van der Waals surface area contributed by atoms with Crippen molar-refractivity contribution < 1.29 is 9.90 Å². The van der Waals surface area contributed by atoms with Crippen molar-refractivity contribution in [2.24, 2.45) is 5.73 Å². The van der Waals surface area contributed by atoms with Gasteiger partial charge in [-0.05, 0) is 18.1 Å². The Bertz CT molecular complexity index is 566. The minimum Gasteiger partial charge on any atom is -0.385 e. The molecule has 3 nitrogen and oxygen atoms in total. The van der Waals surface area contributed by atoms with E-state index in [9.17, 15) is 9.90 Å². The summed E-state index contributed by atoms with van der Waals surface area (Å²) in [6.07, 6.45) is -0.651.